The van der Waals surface area contributed by atoms with Gasteiger partial charge in [0.25, 0.3) is 0 Å². The van der Waals surface area contributed by atoms with Crippen LogP contribution in [0.1, 0.15) is 45.1 Å². The van der Waals surface area contributed by atoms with Crippen LogP contribution in [0.15, 0.2) is 60.7 Å². The largest absolute Gasteiger partial charge is 0.489 e. The number of aliphatic hydroxyl groups excluding tert-OH is 1. The molecule has 3 aromatic rings. The number of fused-ring (bicyclic) bond motifs is 1. The monoisotopic (exact) mass is 431 g/mol. The van der Waals surface area contributed by atoms with Crippen molar-refractivity contribution in [1.29, 1.82) is 0 Å². The summed E-state index contributed by atoms with van der Waals surface area (Å²) in [6.07, 6.45) is 1.35. The molecule has 5 heteroatoms. The Morgan fingerprint density at radius 1 is 1.03 bits per heavy atom. The Morgan fingerprint density at radius 2 is 1.78 bits per heavy atom. The lowest BCUT2D eigenvalue weighted by molar-refractivity contribution is 0.0697. The first-order valence-corrected chi connectivity index (χ1v) is 11.0. The summed E-state index contributed by atoms with van der Waals surface area (Å²) in [6.45, 7) is 5.29. The minimum atomic E-state index is -0.920. The van der Waals surface area contributed by atoms with Gasteiger partial charge in [0, 0.05) is 13.1 Å². The smallest absolute Gasteiger partial charge is 0.335 e. The van der Waals surface area contributed by atoms with E-state index in [0.29, 0.717) is 13.1 Å². The van der Waals surface area contributed by atoms with Gasteiger partial charge in [-0.25, -0.2) is 4.79 Å². The molecule has 2 atom stereocenters. The van der Waals surface area contributed by atoms with E-state index in [9.17, 15) is 9.90 Å². The number of nitrogens with one attached hydrogen (secondary N) is 1. The summed E-state index contributed by atoms with van der Waals surface area (Å²) in [4.78, 5) is 11.0. The number of hydrogen-bond acceptors (Lipinski definition) is 4. The zero-order valence-electron chi connectivity index (χ0n) is 18.5. The molecule has 3 aromatic carbocycles. The fourth-order valence-corrected chi connectivity index (χ4v) is 4.04. The van der Waals surface area contributed by atoms with Crippen LogP contribution in [0.3, 0.4) is 0 Å². The Hall–Kier alpha value is -3.15. The first-order valence-electron chi connectivity index (χ1n) is 11.0. The molecule has 4 rings (SSSR count). The Balaban J connectivity index is 1.32. The highest BCUT2D eigenvalue weighted by Crippen LogP contribution is 2.32. The van der Waals surface area contributed by atoms with Gasteiger partial charge in [-0.05, 0) is 84.3 Å². The standard InChI is InChI=1S/C27H29NO4/c1-17-3-4-22(13-18(17)2)25(29)16-28-15-24-11-9-23-14-21(10-12-26(23)32-24)19-5-7-20(8-6-19)27(30)31/h3-8,10,12-14,24-25,28-29H,9,11,15-16H2,1-2H3,(H,30,31). The summed E-state index contributed by atoms with van der Waals surface area (Å²) in [6, 6.07) is 19.1. The van der Waals surface area contributed by atoms with E-state index in [-0.39, 0.29) is 11.7 Å². The van der Waals surface area contributed by atoms with Gasteiger partial charge in [0.1, 0.15) is 11.9 Å². The SMILES string of the molecule is Cc1ccc(C(O)CNCC2CCc3cc(-c4ccc(C(=O)O)cc4)ccc3O2)cc1C. The van der Waals surface area contributed by atoms with Crippen molar-refractivity contribution in [3.8, 4) is 16.9 Å². The quantitative estimate of drug-likeness (QED) is 0.506. The number of carbonyl (C=O) groups is 1. The van der Waals surface area contributed by atoms with Crippen LogP contribution in [0.5, 0.6) is 5.75 Å². The summed E-state index contributed by atoms with van der Waals surface area (Å²) < 4.78 is 6.17. The lowest BCUT2D eigenvalue weighted by atomic mass is 9.96. The normalized spacial score (nSPS) is 16.2. The molecule has 1 aliphatic heterocycles. The van der Waals surface area contributed by atoms with Crippen LogP contribution in [-0.2, 0) is 6.42 Å². The highest BCUT2D eigenvalue weighted by Gasteiger charge is 2.20. The number of benzene rings is 3. The number of carboxylic acids is 1. The van der Waals surface area contributed by atoms with Gasteiger partial charge in [0.15, 0.2) is 0 Å². The first kappa shape index (κ1) is 22.1. The summed E-state index contributed by atoms with van der Waals surface area (Å²) in [7, 11) is 0. The van der Waals surface area contributed by atoms with Crippen molar-refractivity contribution in [2.75, 3.05) is 13.1 Å². The van der Waals surface area contributed by atoms with Crippen molar-refractivity contribution in [2.24, 2.45) is 0 Å². The zero-order chi connectivity index (χ0) is 22.7. The van der Waals surface area contributed by atoms with Crippen LogP contribution in [0.2, 0.25) is 0 Å². The minimum absolute atomic E-state index is 0.0650. The number of hydrogen-bond donors (Lipinski definition) is 3. The van der Waals surface area contributed by atoms with Gasteiger partial charge < -0.3 is 20.3 Å². The molecule has 0 radical (unpaired) electrons. The van der Waals surface area contributed by atoms with Crippen molar-refractivity contribution in [3.05, 3.63) is 88.5 Å². The molecular formula is C27H29NO4. The van der Waals surface area contributed by atoms with Gasteiger partial charge in [0.05, 0.1) is 11.7 Å². The van der Waals surface area contributed by atoms with Crippen molar-refractivity contribution < 1.29 is 19.7 Å². The number of ether oxygens (including phenoxy) is 1. The van der Waals surface area contributed by atoms with Crippen molar-refractivity contribution in [1.82, 2.24) is 5.32 Å². The second kappa shape index (κ2) is 9.55. The topological polar surface area (TPSA) is 78.8 Å². The molecule has 0 spiro atoms. The molecule has 1 heterocycles. The molecule has 5 nitrogen and oxygen atoms in total. The number of aryl methyl sites for hydroxylation is 3. The molecule has 32 heavy (non-hydrogen) atoms. The number of carboxylic acid groups (broad SMARTS) is 1. The number of aliphatic hydroxyl groups is 1. The fraction of sp³-hybridized carbons (Fsp3) is 0.296. The van der Waals surface area contributed by atoms with E-state index in [1.807, 2.05) is 42.5 Å². The molecule has 2 unspecified atom stereocenters. The Bertz CT molecular complexity index is 1110. The second-order valence-corrected chi connectivity index (χ2v) is 8.50. The van der Waals surface area contributed by atoms with E-state index >= 15 is 0 Å². The van der Waals surface area contributed by atoms with Crippen molar-refractivity contribution >= 4 is 5.97 Å². The van der Waals surface area contributed by atoms with Crippen molar-refractivity contribution in [3.63, 3.8) is 0 Å². The molecule has 0 saturated carbocycles. The van der Waals surface area contributed by atoms with Crippen molar-refractivity contribution in [2.45, 2.75) is 38.9 Å². The van der Waals surface area contributed by atoms with E-state index < -0.39 is 12.1 Å². The highest BCUT2D eigenvalue weighted by molar-refractivity contribution is 5.88. The van der Waals surface area contributed by atoms with E-state index in [2.05, 4.69) is 25.2 Å². The van der Waals surface area contributed by atoms with Crippen LogP contribution in [0, 0.1) is 13.8 Å². The van der Waals surface area contributed by atoms with Gasteiger partial charge in [-0.1, -0.05) is 36.4 Å². The molecule has 0 amide bonds. The Labute approximate surface area is 188 Å². The molecule has 166 valence electrons. The molecule has 0 aliphatic carbocycles. The van der Waals surface area contributed by atoms with E-state index in [1.54, 1.807) is 12.1 Å². The summed E-state index contributed by atoms with van der Waals surface area (Å²) in [5.74, 6) is -0.0276. The van der Waals surface area contributed by atoms with Gasteiger partial charge >= 0.3 is 5.97 Å². The number of rotatable bonds is 7. The fourth-order valence-electron chi connectivity index (χ4n) is 4.04. The van der Waals surface area contributed by atoms with Crippen LogP contribution in [0.4, 0.5) is 0 Å². The third-order valence-corrected chi connectivity index (χ3v) is 6.18. The number of aromatic carboxylic acids is 1. The maximum atomic E-state index is 11.0. The Morgan fingerprint density at radius 3 is 2.50 bits per heavy atom. The van der Waals surface area contributed by atoms with Gasteiger partial charge in [-0.2, -0.15) is 0 Å². The Kier molecular flexibility index (Phi) is 6.58. The van der Waals surface area contributed by atoms with Crippen LogP contribution in [0.25, 0.3) is 11.1 Å². The summed E-state index contributed by atoms with van der Waals surface area (Å²) >= 11 is 0. The van der Waals surface area contributed by atoms with Gasteiger partial charge in [-0.3, -0.25) is 0 Å². The van der Waals surface area contributed by atoms with E-state index in [0.717, 1.165) is 40.8 Å². The first-order chi connectivity index (χ1) is 15.4. The van der Waals surface area contributed by atoms with E-state index in [4.69, 9.17) is 9.84 Å². The molecule has 3 N–H and O–H groups in total. The molecule has 0 aromatic heterocycles. The predicted molar refractivity (Wildman–Crippen MR) is 125 cm³/mol. The summed E-state index contributed by atoms with van der Waals surface area (Å²) in [5.41, 5.74) is 6.83. The average molecular weight is 432 g/mol. The minimum Gasteiger partial charge on any atom is -0.489 e. The molecule has 0 saturated heterocycles. The summed E-state index contributed by atoms with van der Waals surface area (Å²) in [5, 5.41) is 22.9. The van der Waals surface area contributed by atoms with Gasteiger partial charge in [0.2, 0.25) is 0 Å². The maximum Gasteiger partial charge on any atom is 0.335 e. The van der Waals surface area contributed by atoms with Gasteiger partial charge in [-0.15, -0.1) is 0 Å². The lowest BCUT2D eigenvalue weighted by Crippen LogP contribution is -2.36. The average Bonchev–Trinajstić information content (AvgIpc) is 2.80. The predicted octanol–water partition coefficient (Wildman–Crippen LogP) is 4.69. The lowest BCUT2D eigenvalue weighted by Gasteiger charge is -2.27. The second-order valence-electron chi connectivity index (χ2n) is 8.50. The molecule has 1 aliphatic rings. The van der Waals surface area contributed by atoms with Crippen LogP contribution < -0.4 is 10.1 Å². The molecule has 0 bridgehead atoms. The third kappa shape index (κ3) is 5.01. The molecule has 0 fully saturated rings. The molecular weight excluding hydrogens is 402 g/mol. The zero-order valence-corrected chi connectivity index (χ0v) is 18.5. The maximum absolute atomic E-state index is 11.0. The van der Waals surface area contributed by atoms with Crippen LogP contribution in [-0.4, -0.2) is 35.4 Å². The van der Waals surface area contributed by atoms with E-state index in [1.165, 1.54) is 11.1 Å². The van der Waals surface area contributed by atoms with Crippen LogP contribution >= 0.6 is 0 Å². The third-order valence-electron chi connectivity index (χ3n) is 6.18. The highest BCUT2D eigenvalue weighted by atomic mass is 16.5.